The highest BCUT2D eigenvalue weighted by molar-refractivity contribution is 5.93. The van der Waals surface area contributed by atoms with E-state index in [4.69, 9.17) is 18.9 Å². The van der Waals surface area contributed by atoms with Gasteiger partial charge in [-0.2, -0.15) is 0 Å². The lowest BCUT2D eigenvalue weighted by Crippen LogP contribution is -2.46. The number of ether oxygens (including phenoxy) is 4. The molecular formula is C94H78N2O4. The van der Waals surface area contributed by atoms with Crippen LogP contribution in [0.1, 0.15) is 88.7 Å². The molecule has 3 aliphatic carbocycles. The van der Waals surface area contributed by atoms with Gasteiger partial charge in [0.1, 0.15) is 11.5 Å². The number of benzene rings is 13. The predicted molar refractivity (Wildman–Crippen MR) is 409 cm³/mol. The Hall–Kier alpha value is -11.0. The number of allylic oxidation sites excluding steroid dienone is 1. The van der Waals surface area contributed by atoms with Gasteiger partial charge in [-0.15, -0.1) is 0 Å². The first-order chi connectivity index (χ1) is 49.3. The first kappa shape index (κ1) is 61.3. The van der Waals surface area contributed by atoms with Crippen molar-refractivity contribution in [2.75, 3.05) is 49.4 Å². The standard InChI is InChI=1S/C94H78N2O4/c1-3-91(59-97-60-91)63-99-81-49-39-71(40-50-81)93(73-37-31-65-19-11-13-21-69(65)55-73)87-29-17-15-27-83(87)85-53-47-79(57-89(85)93)95(75-23-7-5-8-24-75)77-43-33-67(34-44-77)68-35-45-78(46-36-68)96(76-25-9-6-10-26-76)80-48-54-86-84-28-16-18-30-88(84)94(90(86)58-80,74-38-32-66-20-12-14-22-70(66)56-74)72-41-51-82(52-42-72)100-64-92(4-2)61-98-62-92/h5-11,13-19,21-58H,3-4,12,20,59-64H2,1-2H3. The summed E-state index contributed by atoms with van der Waals surface area (Å²) in [7, 11) is 0. The Balaban J connectivity index is 0.708. The first-order valence-electron chi connectivity index (χ1n) is 35.6. The topological polar surface area (TPSA) is 43.4 Å². The van der Waals surface area contributed by atoms with Crippen molar-refractivity contribution < 1.29 is 18.9 Å². The van der Waals surface area contributed by atoms with Gasteiger partial charge in [-0.05, 0) is 235 Å². The maximum absolute atomic E-state index is 6.58. The van der Waals surface area contributed by atoms with E-state index in [0.717, 1.165) is 109 Å². The minimum Gasteiger partial charge on any atom is -0.493 e. The molecule has 18 rings (SSSR count). The Labute approximate surface area is 587 Å². The first-order valence-corrected chi connectivity index (χ1v) is 35.6. The summed E-state index contributed by atoms with van der Waals surface area (Å²) in [4.78, 5) is 4.83. The molecule has 2 fully saturated rings. The summed E-state index contributed by atoms with van der Waals surface area (Å²) in [6, 6.07) is 113. The molecule has 0 saturated carbocycles. The third-order valence-electron chi connectivity index (χ3n) is 22.6. The molecular weight excluding hydrogens is 1220 g/mol. The van der Waals surface area contributed by atoms with Gasteiger partial charge in [0.2, 0.25) is 0 Å². The molecule has 0 spiro atoms. The molecule has 6 heteroatoms. The van der Waals surface area contributed by atoms with Crippen LogP contribution in [0.15, 0.2) is 309 Å². The summed E-state index contributed by atoms with van der Waals surface area (Å²) in [5.41, 5.74) is 25.1. The van der Waals surface area contributed by atoms with E-state index in [-0.39, 0.29) is 10.8 Å². The monoisotopic (exact) mass is 1300 g/mol. The van der Waals surface area contributed by atoms with Gasteiger partial charge in [0, 0.05) is 34.1 Å². The third-order valence-corrected chi connectivity index (χ3v) is 22.6. The molecule has 2 atom stereocenters. The van der Waals surface area contributed by atoms with Crippen LogP contribution in [0.25, 0.3) is 50.2 Å². The van der Waals surface area contributed by atoms with Crippen molar-refractivity contribution in [1.29, 1.82) is 0 Å². The van der Waals surface area contributed by atoms with E-state index in [2.05, 4.69) is 339 Å². The van der Waals surface area contributed by atoms with Crippen LogP contribution in [0.2, 0.25) is 0 Å². The molecule has 2 saturated heterocycles. The molecule has 5 aliphatic rings. The van der Waals surface area contributed by atoms with Crippen molar-refractivity contribution in [1.82, 2.24) is 0 Å². The van der Waals surface area contributed by atoms with Crippen LogP contribution in [0.3, 0.4) is 0 Å². The Morgan fingerprint density at radius 3 is 1.23 bits per heavy atom. The molecule has 0 bridgehead atoms. The Morgan fingerprint density at radius 1 is 0.340 bits per heavy atom. The molecule has 100 heavy (non-hydrogen) atoms. The molecule has 488 valence electrons. The van der Waals surface area contributed by atoms with Crippen LogP contribution in [0, 0.1) is 10.8 Å². The largest absolute Gasteiger partial charge is 0.493 e. The molecule has 0 N–H and O–H groups in total. The van der Waals surface area contributed by atoms with E-state index in [1.807, 2.05) is 0 Å². The minimum absolute atomic E-state index is 0.0703. The maximum atomic E-state index is 6.58. The highest BCUT2D eigenvalue weighted by atomic mass is 16.5. The fourth-order valence-corrected chi connectivity index (χ4v) is 16.8. The summed E-state index contributed by atoms with van der Waals surface area (Å²) in [5.74, 6) is 1.75. The average molecular weight is 1300 g/mol. The number of hydrogen-bond donors (Lipinski definition) is 0. The minimum atomic E-state index is -0.658. The Bertz CT molecular complexity index is 5220. The Kier molecular flexibility index (Phi) is 15.4. The molecule has 0 radical (unpaired) electrons. The van der Waals surface area contributed by atoms with Crippen LogP contribution >= 0.6 is 0 Å². The molecule has 2 heterocycles. The average Bonchev–Trinajstić information content (AvgIpc) is 1.53. The van der Waals surface area contributed by atoms with Crippen molar-refractivity contribution in [2.24, 2.45) is 10.8 Å². The summed E-state index contributed by atoms with van der Waals surface area (Å²) in [5, 5.41) is 2.42. The highest BCUT2D eigenvalue weighted by Crippen LogP contribution is 2.60. The van der Waals surface area contributed by atoms with Gasteiger partial charge < -0.3 is 28.7 Å². The number of rotatable bonds is 19. The van der Waals surface area contributed by atoms with E-state index < -0.39 is 10.8 Å². The van der Waals surface area contributed by atoms with E-state index in [1.165, 1.54) is 88.7 Å². The SMILES string of the molecule is CCC1(COc2ccc(C3(c4ccc5c(c4)C=CCC5)c4ccccc4-c4ccc(N(c5ccccc5)c5ccc(-c6ccc(N(c7ccccc7)c7ccc8c(c7)C(c7ccc(OCC9(CC)COC9)cc7)(c7ccc9ccccc9c7)c7ccccc7-8)cc6)cc5)cc43)cc2)COC1. The lowest BCUT2D eigenvalue weighted by molar-refractivity contribution is -0.133. The van der Waals surface area contributed by atoms with Crippen LogP contribution in [0.4, 0.5) is 34.1 Å². The second kappa shape index (κ2) is 25.1. The summed E-state index contributed by atoms with van der Waals surface area (Å²) >= 11 is 0. The summed E-state index contributed by atoms with van der Waals surface area (Å²) in [6.45, 7) is 8.73. The molecule has 2 aliphatic heterocycles. The van der Waals surface area contributed by atoms with E-state index >= 15 is 0 Å². The molecule has 0 aromatic heterocycles. The lowest BCUT2D eigenvalue weighted by atomic mass is 9.67. The normalized spacial score (nSPS) is 17.7. The molecule has 6 nitrogen and oxygen atoms in total. The molecule has 13 aromatic carbocycles. The van der Waals surface area contributed by atoms with Crippen molar-refractivity contribution in [3.8, 4) is 44.9 Å². The van der Waals surface area contributed by atoms with Crippen molar-refractivity contribution in [3.63, 3.8) is 0 Å². The summed E-state index contributed by atoms with van der Waals surface area (Å²) < 4.78 is 24.5. The second-order valence-electron chi connectivity index (χ2n) is 28.2. The molecule has 2 unspecified atom stereocenters. The third kappa shape index (κ3) is 10.2. The predicted octanol–water partition coefficient (Wildman–Crippen LogP) is 22.7. The Morgan fingerprint density at radius 2 is 0.750 bits per heavy atom. The second-order valence-corrected chi connectivity index (χ2v) is 28.2. The highest BCUT2D eigenvalue weighted by Gasteiger charge is 2.49. The van der Waals surface area contributed by atoms with Gasteiger partial charge in [-0.1, -0.05) is 220 Å². The van der Waals surface area contributed by atoms with E-state index in [9.17, 15) is 0 Å². The quantitative estimate of drug-likeness (QED) is 0.0804. The zero-order valence-corrected chi connectivity index (χ0v) is 56.6. The van der Waals surface area contributed by atoms with E-state index in [0.29, 0.717) is 13.2 Å². The maximum Gasteiger partial charge on any atom is 0.119 e. The van der Waals surface area contributed by atoms with Crippen molar-refractivity contribution in [2.45, 2.75) is 50.4 Å². The number of anilines is 6. The molecule has 0 amide bonds. The number of fused-ring (bicyclic) bond motifs is 8. The van der Waals surface area contributed by atoms with Crippen LogP contribution in [-0.2, 0) is 26.7 Å². The van der Waals surface area contributed by atoms with Gasteiger partial charge in [-0.3, -0.25) is 0 Å². The number of para-hydroxylation sites is 2. The zero-order valence-electron chi connectivity index (χ0n) is 56.6. The smallest absolute Gasteiger partial charge is 0.119 e. The van der Waals surface area contributed by atoms with Gasteiger partial charge in [0.15, 0.2) is 0 Å². The lowest BCUT2D eigenvalue weighted by Gasteiger charge is -2.40. The van der Waals surface area contributed by atoms with Gasteiger partial charge in [0.25, 0.3) is 0 Å². The van der Waals surface area contributed by atoms with Crippen LogP contribution in [-0.4, -0.2) is 39.6 Å². The van der Waals surface area contributed by atoms with Crippen LogP contribution < -0.4 is 19.3 Å². The zero-order chi connectivity index (χ0) is 66.8. The van der Waals surface area contributed by atoms with Crippen molar-refractivity contribution >= 4 is 51.0 Å². The number of hydrogen-bond acceptors (Lipinski definition) is 6. The number of nitrogens with zero attached hydrogens (tertiary/aromatic N) is 2. The number of aryl methyl sites for hydroxylation is 1. The van der Waals surface area contributed by atoms with Crippen molar-refractivity contribution in [3.05, 3.63) is 365 Å². The molecule has 13 aromatic rings. The van der Waals surface area contributed by atoms with E-state index in [1.54, 1.807) is 0 Å². The fraction of sp³-hybridized carbons (Fsp3) is 0.170. The van der Waals surface area contributed by atoms with Crippen LogP contribution in [0.5, 0.6) is 11.5 Å². The van der Waals surface area contributed by atoms with Gasteiger partial charge in [-0.25, -0.2) is 0 Å². The van der Waals surface area contributed by atoms with Gasteiger partial charge >= 0.3 is 0 Å². The van der Waals surface area contributed by atoms with Gasteiger partial charge in [0.05, 0.1) is 61.3 Å². The fourth-order valence-electron chi connectivity index (χ4n) is 16.8. The summed E-state index contributed by atoms with van der Waals surface area (Å²) in [6.07, 6.45) is 8.80.